The molecule has 4 fully saturated rings. The average Bonchev–Trinajstić information content (AvgIpc) is 3.51. The summed E-state index contributed by atoms with van der Waals surface area (Å²) in [6.07, 6.45) is 0.0207. The number of benzene rings is 1. The van der Waals surface area contributed by atoms with Crippen LogP contribution in [-0.4, -0.2) is 77.0 Å². The van der Waals surface area contributed by atoms with E-state index in [4.69, 9.17) is 35.3 Å². The number of aromatic nitrogens is 3. The zero-order valence-corrected chi connectivity index (χ0v) is 21.0. The first-order valence-corrected chi connectivity index (χ1v) is 13.1. The summed E-state index contributed by atoms with van der Waals surface area (Å²) in [5.41, 5.74) is 1.54. The maximum Gasteiger partial charge on any atom is 0.296 e. The molecule has 3 saturated heterocycles. The molecule has 2 aromatic heterocycles. The van der Waals surface area contributed by atoms with E-state index in [0.29, 0.717) is 21.9 Å². The van der Waals surface area contributed by atoms with Crippen LogP contribution in [0.25, 0.3) is 11.2 Å². The zero-order chi connectivity index (χ0) is 26.0. The molecule has 0 radical (unpaired) electrons. The summed E-state index contributed by atoms with van der Waals surface area (Å²) in [6, 6.07) is 4.35. The molecule has 202 valence electrons. The fraction of sp³-hybridized carbons (Fsp3) is 0.538. The molecule has 4 atom stereocenters. The molecule has 38 heavy (non-hydrogen) atoms. The van der Waals surface area contributed by atoms with Crippen LogP contribution in [0.1, 0.15) is 24.1 Å². The fourth-order valence-electron chi connectivity index (χ4n) is 5.79. The molecule has 1 aliphatic carbocycles. The molecule has 3 aliphatic heterocycles. The smallest absolute Gasteiger partial charge is 0.296 e. The van der Waals surface area contributed by atoms with E-state index in [1.165, 1.54) is 12.1 Å². The van der Waals surface area contributed by atoms with Crippen LogP contribution in [0.4, 0.5) is 8.78 Å². The third-order valence-corrected chi connectivity index (χ3v) is 8.22. The van der Waals surface area contributed by atoms with Gasteiger partial charge in [0.05, 0.1) is 42.7 Å². The number of ether oxygens (including phenoxy) is 5. The van der Waals surface area contributed by atoms with E-state index in [0.717, 1.165) is 26.1 Å². The minimum atomic E-state index is -0.677. The van der Waals surface area contributed by atoms with E-state index in [2.05, 4.69) is 15.0 Å². The molecule has 1 spiro atoms. The highest BCUT2D eigenvalue weighted by Gasteiger charge is 2.51. The number of nitrogens with one attached hydrogen (secondary N) is 1. The van der Waals surface area contributed by atoms with Gasteiger partial charge in [-0.3, -0.25) is 0 Å². The van der Waals surface area contributed by atoms with Gasteiger partial charge in [-0.15, -0.1) is 0 Å². The third kappa shape index (κ3) is 4.30. The first-order valence-electron chi connectivity index (χ1n) is 12.7. The molecule has 12 heteroatoms. The number of halogens is 3. The van der Waals surface area contributed by atoms with Crippen LogP contribution >= 0.6 is 11.6 Å². The van der Waals surface area contributed by atoms with Crippen LogP contribution in [0.3, 0.4) is 0 Å². The largest absolute Gasteiger partial charge is 0.490 e. The van der Waals surface area contributed by atoms with Crippen molar-refractivity contribution in [2.75, 3.05) is 26.4 Å². The summed E-state index contributed by atoms with van der Waals surface area (Å²) in [7, 11) is 0. The molecule has 2 N–H and O–H groups in total. The van der Waals surface area contributed by atoms with Crippen molar-refractivity contribution in [2.24, 2.45) is 5.41 Å². The highest BCUT2D eigenvalue weighted by molar-refractivity contribution is 6.31. The minimum absolute atomic E-state index is 0.0408. The van der Waals surface area contributed by atoms with Gasteiger partial charge >= 0.3 is 0 Å². The number of H-pyrrole nitrogens is 1. The van der Waals surface area contributed by atoms with E-state index in [-0.39, 0.29) is 61.0 Å². The van der Waals surface area contributed by atoms with Gasteiger partial charge < -0.3 is 33.8 Å². The molecule has 9 nitrogen and oxygen atoms in total. The molecular weight excluding hydrogens is 524 g/mol. The van der Waals surface area contributed by atoms with Crippen molar-refractivity contribution in [3.8, 4) is 11.8 Å². The second-order valence-electron chi connectivity index (χ2n) is 10.7. The fourth-order valence-corrected chi connectivity index (χ4v) is 6.04. The second-order valence-corrected chi connectivity index (χ2v) is 11.1. The van der Waals surface area contributed by atoms with Gasteiger partial charge in [0.2, 0.25) is 0 Å². The number of imidazole rings is 1. The zero-order valence-electron chi connectivity index (χ0n) is 20.3. The summed E-state index contributed by atoms with van der Waals surface area (Å²) >= 11 is 6.43. The van der Waals surface area contributed by atoms with E-state index in [1.54, 1.807) is 6.07 Å². The molecule has 7 rings (SSSR count). The molecule has 1 aromatic carbocycles. The van der Waals surface area contributed by atoms with Crippen LogP contribution in [0.15, 0.2) is 18.2 Å². The third-order valence-electron chi connectivity index (χ3n) is 7.89. The Hall–Kier alpha value is -2.57. The molecule has 0 bridgehead atoms. The Balaban J connectivity index is 1.01. The minimum Gasteiger partial charge on any atom is -0.490 e. The summed E-state index contributed by atoms with van der Waals surface area (Å²) in [5.74, 6) is -1.13. The van der Waals surface area contributed by atoms with Crippen LogP contribution < -0.4 is 9.47 Å². The first-order chi connectivity index (χ1) is 18.4. The van der Waals surface area contributed by atoms with Crippen LogP contribution in [0.2, 0.25) is 5.02 Å². The van der Waals surface area contributed by atoms with Crippen molar-refractivity contribution in [1.82, 2.24) is 15.0 Å². The summed E-state index contributed by atoms with van der Waals surface area (Å²) in [6.45, 7) is 1.93. The lowest BCUT2D eigenvalue weighted by atomic mass is 9.65. The van der Waals surface area contributed by atoms with Gasteiger partial charge in [0, 0.05) is 23.1 Å². The first kappa shape index (κ1) is 24.5. The Morgan fingerprint density at radius 3 is 2.53 bits per heavy atom. The molecular formula is C26H26ClF2N3O6. The van der Waals surface area contributed by atoms with E-state index in [1.807, 2.05) is 0 Å². The van der Waals surface area contributed by atoms with Gasteiger partial charge in [-0.25, -0.2) is 13.8 Å². The van der Waals surface area contributed by atoms with Crippen molar-refractivity contribution < 1.29 is 37.6 Å². The number of hydrogen-bond acceptors (Lipinski definition) is 8. The van der Waals surface area contributed by atoms with Gasteiger partial charge in [-0.05, 0) is 31.7 Å². The van der Waals surface area contributed by atoms with Gasteiger partial charge in [-0.1, -0.05) is 11.6 Å². The monoisotopic (exact) mass is 549 g/mol. The Kier molecular flexibility index (Phi) is 5.97. The maximum atomic E-state index is 14.8. The van der Waals surface area contributed by atoms with Gasteiger partial charge in [-0.2, -0.15) is 4.98 Å². The Morgan fingerprint density at radius 2 is 1.79 bits per heavy atom. The number of aryl methyl sites for hydroxylation is 1. The lowest BCUT2D eigenvalue weighted by Crippen LogP contribution is -2.56. The lowest BCUT2D eigenvalue weighted by molar-refractivity contribution is -0.191. The second kappa shape index (κ2) is 9.27. The van der Waals surface area contributed by atoms with Crippen molar-refractivity contribution >= 4 is 22.8 Å². The molecule has 0 amide bonds. The van der Waals surface area contributed by atoms with Crippen molar-refractivity contribution in [2.45, 2.75) is 56.2 Å². The van der Waals surface area contributed by atoms with Crippen molar-refractivity contribution in [3.63, 3.8) is 0 Å². The standard InChI is InChI=1S/C26H26ClF2N3O6/c27-15-5-19-24(32-25(31-19)38-21-9-36-22-20(33)8-35-23(21)22)30-18(15)2-1-14-16(28)3-12(4-17(14)29)37-13-6-26(7-13)10-34-11-26/h3-5,13,20-23,33H,1-2,6-11H2,(H,30,31,32)/t20-,21-,22-,23-/m1/s1. The number of pyridine rings is 1. The number of aliphatic hydroxyl groups is 1. The summed E-state index contributed by atoms with van der Waals surface area (Å²) in [5, 5.41) is 10.2. The number of hydrogen-bond donors (Lipinski definition) is 2. The van der Waals surface area contributed by atoms with E-state index < -0.39 is 29.9 Å². The highest BCUT2D eigenvalue weighted by atomic mass is 35.5. The number of fused-ring (bicyclic) bond motifs is 2. The van der Waals surface area contributed by atoms with Gasteiger partial charge in [0.1, 0.15) is 41.8 Å². The molecule has 5 heterocycles. The molecule has 3 aromatic rings. The Labute approximate surface area is 221 Å². The number of aromatic amines is 1. The summed E-state index contributed by atoms with van der Waals surface area (Å²) in [4.78, 5) is 11.9. The molecule has 1 saturated carbocycles. The van der Waals surface area contributed by atoms with Crippen LogP contribution in [0.5, 0.6) is 11.8 Å². The van der Waals surface area contributed by atoms with Gasteiger partial charge in [0.15, 0.2) is 11.8 Å². The van der Waals surface area contributed by atoms with Crippen LogP contribution in [0, 0.1) is 17.0 Å². The maximum absolute atomic E-state index is 14.8. The topological polar surface area (TPSA) is 108 Å². The van der Waals surface area contributed by atoms with E-state index >= 15 is 0 Å². The van der Waals surface area contributed by atoms with Crippen molar-refractivity contribution in [1.29, 1.82) is 0 Å². The van der Waals surface area contributed by atoms with E-state index in [9.17, 15) is 13.9 Å². The predicted molar refractivity (Wildman–Crippen MR) is 129 cm³/mol. The highest BCUT2D eigenvalue weighted by Crippen LogP contribution is 2.48. The average molecular weight is 550 g/mol. The predicted octanol–water partition coefficient (Wildman–Crippen LogP) is 3.14. The number of nitrogens with zero attached hydrogens (tertiary/aromatic N) is 2. The summed E-state index contributed by atoms with van der Waals surface area (Å²) < 4.78 is 57.7. The van der Waals surface area contributed by atoms with Crippen LogP contribution in [-0.2, 0) is 27.1 Å². The number of aliphatic hydroxyl groups excluding tert-OH is 1. The molecule has 4 aliphatic rings. The quantitative estimate of drug-likeness (QED) is 0.463. The number of rotatable bonds is 7. The SMILES string of the molecule is O[C@@H]1CO[C@H]2[C@@H]1OC[C@H]2Oc1nc2nc(CCc3c(F)cc(OC4CC5(COC5)C4)cc3F)c(Cl)cc2[nH]1. The lowest BCUT2D eigenvalue weighted by Gasteiger charge is -2.52. The van der Waals surface area contributed by atoms with Gasteiger partial charge in [0.25, 0.3) is 6.01 Å². The molecule has 0 unspecified atom stereocenters. The van der Waals surface area contributed by atoms with Crippen molar-refractivity contribution in [3.05, 3.63) is 46.1 Å². The Morgan fingerprint density at radius 1 is 1.03 bits per heavy atom. The normalized spacial score (nSPS) is 27.9. The Bertz CT molecular complexity index is 1350.